The Bertz CT molecular complexity index is 798. The predicted molar refractivity (Wildman–Crippen MR) is 89.2 cm³/mol. The van der Waals surface area contributed by atoms with Gasteiger partial charge in [-0.05, 0) is 42.5 Å². The van der Waals surface area contributed by atoms with E-state index >= 15 is 0 Å². The number of hydrogen-bond acceptors (Lipinski definition) is 3. The van der Waals surface area contributed by atoms with Gasteiger partial charge in [0.25, 0.3) is 0 Å². The molecule has 3 rings (SSSR count). The highest BCUT2D eigenvalue weighted by Gasteiger charge is 2.30. The molecular formula is C18H16F4N2O2. The van der Waals surface area contributed by atoms with Gasteiger partial charge in [0, 0.05) is 37.6 Å². The second kappa shape index (κ2) is 6.86. The number of carbonyl (C=O) groups is 1. The van der Waals surface area contributed by atoms with Crippen molar-refractivity contribution in [3.63, 3.8) is 0 Å². The van der Waals surface area contributed by atoms with Gasteiger partial charge in [-0.15, -0.1) is 0 Å². The zero-order chi connectivity index (χ0) is 18.9. The second-order valence-electron chi connectivity index (χ2n) is 5.99. The molecule has 1 saturated heterocycles. The molecule has 1 fully saturated rings. The van der Waals surface area contributed by atoms with Gasteiger partial charge in [-0.1, -0.05) is 0 Å². The Kier molecular flexibility index (Phi) is 4.76. The molecule has 8 heteroatoms. The van der Waals surface area contributed by atoms with Gasteiger partial charge in [0.2, 0.25) is 0 Å². The summed E-state index contributed by atoms with van der Waals surface area (Å²) in [4.78, 5) is 14.7. The lowest BCUT2D eigenvalue weighted by Gasteiger charge is -2.37. The number of alkyl halides is 3. The van der Waals surface area contributed by atoms with E-state index in [1.807, 2.05) is 9.80 Å². The third-order valence-electron chi connectivity index (χ3n) is 4.39. The first-order chi connectivity index (χ1) is 12.3. The fraction of sp³-hybridized carbons (Fsp3) is 0.278. The van der Waals surface area contributed by atoms with Gasteiger partial charge >= 0.3 is 12.1 Å². The number of benzene rings is 2. The molecule has 1 aliphatic heterocycles. The summed E-state index contributed by atoms with van der Waals surface area (Å²) in [6.07, 6.45) is -4.36. The van der Waals surface area contributed by atoms with Crippen LogP contribution in [-0.2, 0) is 6.18 Å². The molecule has 4 nitrogen and oxygen atoms in total. The van der Waals surface area contributed by atoms with Crippen LogP contribution in [-0.4, -0.2) is 37.3 Å². The molecule has 138 valence electrons. The first-order valence-corrected chi connectivity index (χ1v) is 7.96. The smallest absolute Gasteiger partial charge is 0.416 e. The molecule has 0 atom stereocenters. The van der Waals surface area contributed by atoms with Crippen LogP contribution in [0.15, 0.2) is 42.5 Å². The molecule has 0 unspecified atom stereocenters. The topological polar surface area (TPSA) is 43.8 Å². The lowest BCUT2D eigenvalue weighted by molar-refractivity contribution is -0.137. The number of hydrogen-bond donors (Lipinski definition) is 1. The zero-order valence-electron chi connectivity index (χ0n) is 13.6. The summed E-state index contributed by atoms with van der Waals surface area (Å²) >= 11 is 0. The molecule has 1 heterocycles. The van der Waals surface area contributed by atoms with Crippen molar-refractivity contribution in [1.82, 2.24) is 0 Å². The van der Waals surface area contributed by atoms with Gasteiger partial charge in [0.1, 0.15) is 5.82 Å². The van der Waals surface area contributed by atoms with Crippen LogP contribution < -0.4 is 9.80 Å². The standard InChI is InChI=1S/C18H16F4N2O2/c19-16-11-14(5-6-15(16)17(25)26)24-9-7-23(8-10-24)13-3-1-12(2-4-13)18(20,21)22/h1-6,11H,7-10H2,(H,25,26). The fourth-order valence-corrected chi connectivity index (χ4v) is 2.96. The summed E-state index contributed by atoms with van der Waals surface area (Å²) in [7, 11) is 0. The van der Waals surface area contributed by atoms with Crippen molar-refractivity contribution in [2.75, 3.05) is 36.0 Å². The number of carboxylic acid groups (broad SMARTS) is 1. The molecule has 1 aliphatic rings. The van der Waals surface area contributed by atoms with E-state index in [9.17, 15) is 22.4 Å². The highest BCUT2D eigenvalue weighted by atomic mass is 19.4. The highest BCUT2D eigenvalue weighted by Crippen LogP contribution is 2.31. The fourth-order valence-electron chi connectivity index (χ4n) is 2.96. The van der Waals surface area contributed by atoms with Crippen LogP contribution in [0.5, 0.6) is 0 Å². The van der Waals surface area contributed by atoms with E-state index in [1.54, 1.807) is 6.07 Å². The second-order valence-corrected chi connectivity index (χ2v) is 5.99. The summed E-state index contributed by atoms with van der Waals surface area (Å²) in [5, 5.41) is 8.87. The predicted octanol–water partition coefficient (Wildman–Crippen LogP) is 3.87. The molecule has 0 aliphatic carbocycles. The SMILES string of the molecule is O=C(O)c1ccc(N2CCN(c3ccc(C(F)(F)F)cc3)CC2)cc1F. The van der Waals surface area contributed by atoms with E-state index in [1.165, 1.54) is 24.3 Å². The molecule has 0 saturated carbocycles. The highest BCUT2D eigenvalue weighted by molar-refractivity contribution is 5.88. The largest absolute Gasteiger partial charge is 0.478 e. The van der Waals surface area contributed by atoms with E-state index in [0.29, 0.717) is 37.6 Å². The third kappa shape index (κ3) is 3.74. The molecule has 0 aromatic heterocycles. The van der Waals surface area contributed by atoms with Crippen molar-refractivity contribution in [3.8, 4) is 0 Å². The molecule has 0 amide bonds. The maximum absolute atomic E-state index is 13.8. The first-order valence-electron chi connectivity index (χ1n) is 7.96. The molecule has 1 N–H and O–H groups in total. The zero-order valence-corrected chi connectivity index (χ0v) is 13.6. The molecule has 0 bridgehead atoms. The molecule has 2 aromatic carbocycles. The summed E-state index contributed by atoms with van der Waals surface area (Å²) < 4.78 is 51.7. The molecule has 2 aromatic rings. The van der Waals surface area contributed by atoms with E-state index < -0.39 is 23.5 Å². The summed E-state index contributed by atoms with van der Waals surface area (Å²) in [6, 6.07) is 8.98. The molecule has 0 radical (unpaired) electrons. The molecule has 26 heavy (non-hydrogen) atoms. The van der Waals surface area contributed by atoms with Crippen LogP contribution in [0, 0.1) is 5.82 Å². The number of rotatable bonds is 3. The molecule has 0 spiro atoms. The number of nitrogens with zero attached hydrogens (tertiary/aromatic N) is 2. The Morgan fingerprint density at radius 2 is 1.38 bits per heavy atom. The molecular weight excluding hydrogens is 352 g/mol. The van der Waals surface area contributed by atoms with Gasteiger partial charge in [0.05, 0.1) is 11.1 Å². The Hall–Kier alpha value is -2.77. The van der Waals surface area contributed by atoms with Crippen molar-refractivity contribution >= 4 is 17.3 Å². The van der Waals surface area contributed by atoms with E-state index in [4.69, 9.17) is 5.11 Å². The number of carboxylic acids is 1. The normalized spacial score (nSPS) is 15.2. The summed E-state index contributed by atoms with van der Waals surface area (Å²) in [5.74, 6) is -2.11. The van der Waals surface area contributed by atoms with Crippen LogP contribution in [0.1, 0.15) is 15.9 Å². The summed E-state index contributed by atoms with van der Waals surface area (Å²) in [6.45, 7) is 2.22. The first kappa shape index (κ1) is 18.0. The van der Waals surface area contributed by atoms with Crippen molar-refractivity contribution in [2.45, 2.75) is 6.18 Å². The van der Waals surface area contributed by atoms with E-state index in [2.05, 4.69) is 0 Å². The van der Waals surface area contributed by atoms with Gasteiger partial charge in [-0.3, -0.25) is 0 Å². The van der Waals surface area contributed by atoms with Crippen molar-refractivity contribution in [3.05, 3.63) is 59.4 Å². The van der Waals surface area contributed by atoms with Gasteiger partial charge in [-0.25, -0.2) is 9.18 Å². The minimum absolute atomic E-state index is 0.378. The lowest BCUT2D eigenvalue weighted by Crippen LogP contribution is -2.46. The van der Waals surface area contributed by atoms with Crippen LogP contribution >= 0.6 is 0 Å². The third-order valence-corrected chi connectivity index (χ3v) is 4.39. The maximum Gasteiger partial charge on any atom is 0.416 e. The van der Waals surface area contributed by atoms with Gasteiger partial charge in [-0.2, -0.15) is 13.2 Å². The van der Waals surface area contributed by atoms with E-state index in [0.717, 1.165) is 12.1 Å². The number of anilines is 2. The summed E-state index contributed by atoms with van der Waals surface area (Å²) in [5.41, 5.74) is 0.218. The monoisotopic (exact) mass is 368 g/mol. The average Bonchev–Trinajstić information content (AvgIpc) is 2.61. The van der Waals surface area contributed by atoms with Crippen LogP contribution in [0.2, 0.25) is 0 Å². The number of piperazine rings is 1. The lowest BCUT2D eigenvalue weighted by atomic mass is 10.1. The Labute approximate surface area is 147 Å². The Morgan fingerprint density at radius 1 is 0.885 bits per heavy atom. The number of aromatic carboxylic acids is 1. The van der Waals surface area contributed by atoms with Crippen molar-refractivity contribution < 1.29 is 27.5 Å². The van der Waals surface area contributed by atoms with Crippen LogP contribution in [0.3, 0.4) is 0 Å². The Balaban J connectivity index is 1.66. The quantitative estimate of drug-likeness (QED) is 0.836. The van der Waals surface area contributed by atoms with Gasteiger partial charge in [0.15, 0.2) is 0 Å². The van der Waals surface area contributed by atoms with Crippen molar-refractivity contribution in [1.29, 1.82) is 0 Å². The minimum atomic E-state index is -4.36. The van der Waals surface area contributed by atoms with Crippen LogP contribution in [0.4, 0.5) is 28.9 Å². The maximum atomic E-state index is 13.8. The van der Waals surface area contributed by atoms with Crippen molar-refractivity contribution in [2.24, 2.45) is 0 Å². The van der Waals surface area contributed by atoms with E-state index in [-0.39, 0.29) is 5.56 Å². The minimum Gasteiger partial charge on any atom is -0.478 e. The van der Waals surface area contributed by atoms with Crippen LogP contribution in [0.25, 0.3) is 0 Å². The van der Waals surface area contributed by atoms with Gasteiger partial charge < -0.3 is 14.9 Å². The number of halogens is 4. The Morgan fingerprint density at radius 3 is 1.85 bits per heavy atom. The average molecular weight is 368 g/mol.